The molecule has 1 aliphatic rings. The van der Waals surface area contributed by atoms with Crippen molar-refractivity contribution in [1.29, 1.82) is 0 Å². The van der Waals surface area contributed by atoms with Gasteiger partial charge in [0.15, 0.2) is 22.8 Å². The molecule has 0 radical (unpaired) electrons. The largest absolute Gasteiger partial charge is 0.461 e. The molecular weight excluding hydrogens is 478 g/mol. The lowest BCUT2D eigenvalue weighted by Crippen LogP contribution is -2.42. The molecule has 0 unspecified atom stereocenters. The third-order valence-corrected chi connectivity index (χ3v) is 8.44. The van der Waals surface area contributed by atoms with Crippen molar-refractivity contribution in [3.05, 3.63) is 60.5 Å². The van der Waals surface area contributed by atoms with E-state index in [2.05, 4.69) is 20.2 Å². The van der Waals surface area contributed by atoms with Gasteiger partial charge in [-0.05, 0) is 43.4 Å². The maximum atomic E-state index is 14.0. The molecule has 6 rings (SSSR count). The van der Waals surface area contributed by atoms with Crippen LogP contribution in [-0.2, 0) is 21.1 Å². The highest BCUT2D eigenvalue weighted by Gasteiger charge is 2.41. The fraction of sp³-hybridized carbons (Fsp3) is 0.320. The van der Waals surface area contributed by atoms with E-state index in [0.717, 1.165) is 18.4 Å². The zero-order valence-electron chi connectivity index (χ0n) is 19.7. The van der Waals surface area contributed by atoms with Crippen LogP contribution in [0.3, 0.4) is 0 Å². The van der Waals surface area contributed by atoms with Crippen LogP contribution in [0.25, 0.3) is 28.3 Å². The van der Waals surface area contributed by atoms with Gasteiger partial charge in [0, 0.05) is 28.7 Å². The van der Waals surface area contributed by atoms with E-state index >= 15 is 0 Å². The molecule has 5 heterocycles. The first-order valence-corrected chi connectivity index (χ1v) is 13.3. The zero-order chi connectivity index (χ0) is 24.9. The van der Waals surface area contributed by atoms with Gasteiger partial charge in [-0.15, -0.1) is 5.10 Å². The van der Waals surface area contributed by atoms with Crippen LogP contribution in [0, 0.1) is 5.92 Å². The van der Waals surface area contributed by atoms with Gasteiger partial charge in [-0.1, -0.05) is 30.3 Å². The van der Waals surface area contributed by atoms with Gasteiger partial charge in [0.2, 0.25) is 11.8 Å². The quantitative estimate of drug-likeness (QED) is 0.373. The summed E-state index contributed by atoms with van der Waals surface area (Å²) < 4.78 is 20.4. The Balaban J connectivity index is 1.49. The Morgan fingerprint density at radius 2 is 1.92 bits per heavy atom. The molecule has 0 aliphatic carbocycles. The van der Waals surface area contributed by atoms with Crippen LogP contribution in [0.5, 0.6) is 0 Å². The molecule has 11 heteroatoms. The SMILES string of the molecule is C[C@](C(=O)CC1CCS(=O)CC1)(c1ccccc1)n1ncc2c1nc(N)n1nc(-c3ccco3)nc21. The number of fused-ring (bicyclic) bond motifs is 3. The number of rotatable bonds is 6. The van der Waals surface area contributed by atoms with Gasteiger partial charge in [0.1, 0.15) is 5.54 Å². The summed E-state index contributed by atoms with van der Waals surface area (Å²) in [4.78, 5) is 23.3. The molecule has 10 nitrogen and oxygen atoms in total. The Morgan fingerprint density at radius 3 is 2.64 bits per heavy atom. The van der Waals surface area contributed by atoms with Crippen molar-refractivity contribution in [1.82, 2.24) is 29.4 Å². The lowest BCUT2D eigenvalue weighted by Gasteiger charge is -2.32. The minimum absolute atomic E-state index is 0.0226. The van der Waals surface area contributed by atoms with Gasteiger partial charge in [0.05, 0.1) is 17.8 Å². The summed E-state index contributed by atoms with van der Waals surface area (Å²) in [7, 11) is -0.781. The standard InChI is InChI=1S/C25H25N7O3S/c1-25(17-6-3-2-4-7-17,20(33)14-16-9-12-36(34)13-10-16)32-23-18(15-27-32)22-28-21(19-8-5-11-35-19)30-31(22)24(26)29-23/h2-8,11,15-16H,9-10,12-14H2,1H3,(H2,26,29)/t16?,25-,36?/m1/s1. The summed E-state index contributed by atoms with van der Waals surface area (Å²) in [5.74, 6) is 2.52. The highest BCUT2D eigenvalue weighted by molar-refractivity contribution is 7.85. The Bertz CT molecular complexity index is 1580. The molecular formula is C25H25N7O3S. The minimum atomic E-state index is -1.12. The number of nitrogen functional groups attached to an aromatic ring is 1. The molecule has 184 valence electrons. The maximum absolute atomic E-state index is 14.0. The van der Waals surface area contributed by atoms with E-state index in [-0.39, 0.29) is 17.6 Å². The lowest BCUT2D eigenvalue weighted by molar-refractivity contribution is -0.126. The van der Waals surface area contributed by atoms with Crippen LogP contribution in [0.1, 0.15) is 31.7 Å². The number of aromatic nitrogens is 6. The molecule has 1 aromatic carbocycles. The van der Waals surface area contributed by atoms with E-state index < -0.39 is 16.3 Å². The van der Waals surface area contributed by atoms with Gasteiger partial charge < -0.3 is 10.2 Å². The van der Waals surface area contributed by atoms with Crippen LogP contribution < -0.4 is 5.73 Å². The monoisotopic (exact) mass is 503 g/mol. The molecule has 36 heavy (non-hydrogen) atoms. The molecule has 1 fully saturated rings. The third kappa shape index (κ3) is 3.62. The van der Waals surface area contributed by atoms with E-state index in [0.29, 0.717) is 46.2 Å². The summed E-state index contributed by atoms with van der Waals surface area (Å²) in [5, 5.41) is 9.73. The molecule has 2 N–H and O–H groups in total. The fourth-order valence-electron chi connectivity index (χ4n) is 4.92. The number of anilines is 1. The van der Waals surface area contributed by atoms with Gasteiger partial charge >= 0.3 is 0 Å². The van der Waals surface area contributed by atoms with Crippen molar-refractivity contribution < 1.29 is 13.4 Å². The second kappa shape index (κ2) is 8.66. The Hall–Kier alpha value is -3.86. The highest BCUT2D eigenvalue weighted by atomic mass is 32.2. The molecule has 5 aromatic rings. The minimum Gasteiger partial charge on any atom is -0.461 e. The van der Waals surface area contributed by atoms with E-state index in [1.807, 2.05) is 37.3 Å². The van der Waals surface area contributed by atoms with Crippen molar-refractivity contribution in [2.24, 2.45) is 5.92 Å². The third-order valence-electron chi connectivity index (χ3n) is 7.05. The zero-order valence-corrected chi connectivity index (χ0v) is 20.5. The van der Waals surface area contributed by atoms with Gasteiger partial charge in [-0.3, -0.25) is 9.00 Å². The molecule has 1 aliphatic heterocycles. The molecule has 0 saturated carbocycles. The highest BCUT2D eigenvalue weighted by Crippen LogP contribution is 2.35. The number of ketones is 1. The van der Waals surface area contributed by atoms with Gasteiger partial charge in [-0.25, -0.2) is 9.67 Å². The number of hydrogen-bond acceptors (Lipinski definition) is 8. The number of furan rings is 1. The first kappa shape index (κ1) is 22.6. The lowest BCUT2D eigenvalue weighted by atomic mass is 9.82. The molecule has 0 amide bonds. The van der Waals surface area contributed by atoms with Crippen molar-refractivity contribution in [2.45, 2.75) is 31.7 Å². The average Bonchev–Trinajstić information content (AvgIpc) is 3.65. The van der Waals surface area contributed by atoms with E-state index in [4.69, 9.17) is 10.2 Å². The molecule has 4 aromatic heterocycles. The Labute approximate surface area is 209 Å². The number of carbonyl (C=O) groups excluding carboxylic acids is 1. The second-order valence-corrected chi connectivity index (χ2v) is 11.0. The first-order valence-electron chi connectivity index (χ1n) is 11.8. The van der Waals surface area contributed by atoms with Crippen LogP contribution in [0.15, 0.2) is 59.3 Å². The van der Waals surface area contributed by atoms with Crippen molar-refractivity contribution >= 4 is 39.2 Å². The fourth-order valence-corrected chi connectivity index (χ4v) is 6.32. The number of benzene rings is 1. The predicted molar refractivity (Wildman–Crippen MR) is 136 cm³/mol. The van der Waals surface area contributed by atoms with E-state index in [1.54, 1.807) is 29.3 Å². The average molecular weight is 504 g/mol. The van der Waals surface area contributed by atoms with Crippen molar-refractivity contribution in [2.75, 3.05) is 17.2 Å². The number of hydrogen-bond donors (Lipinski definition) is 1. The van der Waals surface area contributed by atoms with Crippen LogP contribution in [0.2, 0.25) is 0 Å². The summed E-state index contributed by atoms with van der Waals surface area (Å²) in [5.41, 5.74) is 6.91. The van der Waals surface area contributed by atoms with Crippen LogP contribution >= 0.6 is 0 Å². The number of nitrogens with two attached hydrogens (primary N) is 1. The van der Waals surface area contributed by atoms with Crippen LogP contribution in [-0.4, -0.2) is 50.9 Å². The van der Waals surface area contributed by atoms with Gasteiger partial charge in [-0.2, -0.15) is 14.6 Å². The van der Waals surface area contributed by atoms with Crippen molar-refractivity contribution in [3.8, 4) is 11.6 Å². The molecule has 0 spiro atoms. The Kier molecular flexibility index (Phi) is 5.44. The molecule has 1 atom stereocenters. The second-order valence-electron chi connectivity index (χ2n) is 9.27. The van der Waals surface area contributed by atoms with Gasteiger partial charge in [0.25, 0.3) is 0 Å². The summed E-state index contributed by atoms with van der Waals surface area (Å²) >= 11 is 0. The normalized spacial score (nSPS) is 20.0. The number of Topliss-reactive ketones (excluding diaryl/α,β-unsaturated/α-hetero) is 1. The van der Waals surface area contributed by atoms with E-state index in [1.165, 1.54) is 4.52 Å². The number of carbonyl (C=O) groups is 1. The smallest absolute Gasteiger partial charge is 0.225 e. The van der Waals surface area contributed by atoms with Crippen molar-refractivity contribution in [3.63, 3.8) is 0 Å². The topological polar surface area (TPSA) is 134 Å². The van der Waals surface area contributed by atoms with Crippen LogP contribution in [0.4, 0.5) is 5.95 Å². The summed E-state index contributed by atoms with van der Waals surface area (Å²) in [6, 6.07) is 13.1. The first-order chi connectivity index (χ1) is 17.4. The summed E-state index contributed by atoms with van der Waals surface area (Å²) in [6.45, 7) is 1.87. The summed E-state index contributed by atoms with van der Waals surface area (Å²) in [6.07, 6.45) is 5.14. The molecule has 1 saturated heterocycles. The Morgan fingerprint density at radius 1 is 1.14 bits per heavy atom. The number of nitrogens with zero attached hydrogens (tertiary/aromatic N) is 6. The predicted octanol–water partition coefficient (Wildman–Crippen LogP) is 3.20. The maximum Gasteiger partial charge on any atom is 0.225 e. The van der Waals surface area contributed by atoms with E-state index in [9.17, 15) is 9.00 Å². The molecule has 0 bridgehead atoms.